The predicted molar refractivity (Wildman–Crippen MR) is 111 cm³/mol. The summed E-state index contributed by atoms with van der Waals surface area (Å²) in [6.45, 7) is 6.00. The Morgan fingerprint density at radius 1 is 0.917 bits per heavy atom. The average molecular weight is 396 g/mol. The number of thioether (sulfide) groups is 1. The fourth-order valence-electron chi connectivity index (χ4n) is 2.02. The zero-order valence-corrected chi connectivity index (χ0v) is 17.7. The van der Waals surface area contributed by atoms with Gasteiger partial charge in [0.15, 0.2) is 0 Å². The van der Waals surface area contributed by atoms with Gasteiger partial charge in [0.1, 0.15) is 0 Å². The molecular weight excluding hydrogens is 362 g/mol. The van der Waals surface area contributed by atoms with Gasteiger partial charge in [0.2, 0.25) is 11.8 Å². The van der Waals surface area contributed by atoms with E-state index in [-0.39, 0.29) is 11.8 Å². The topological polar surface area (TPSA) is 61.4 Å². The highest BCUT2D eigenvalue weighted by molar-refractivity contribution is 8.76. The van der Waals surface area contributed by atoms with E-state index in [0.717, 1.165) is 57.1 Å². The highest BCUT2D eigenvalue weighted by Gasteiger charge is 2.10. The number of nitrogens with one attached hydrogen (secondary N) is 2. The Kier molecular flexibility index (Phi) is 17.7. The van der Waals surface area contributed by atoms with Crippen LogP contribution in [0.2, 0.25) is 0 Å². The molecule has 0 aromatic heterocycles. The van der Waals surface area contributed by atoms with E-state index in [2.05, 4.69) is 22.5 Å². The Bertz CT molecular complexity index is 334. The van der Waals surface area contributed by atoms with Crippen LogP contribution in [0.4, 0.5) is 0 Å². The van der Waals surface area contributed by atoms with Crippen molar-refractivity contribution in [2.45, 2.75) is 32.6 Å². The van der Waals surface area contributed by atoms with Crippen molar-refractivity contribution in [1.82, 2.24) is 15.5 Å². The third-order valence-electron chi connectivity index (χ3n) is 3.39. The molecule has 0 aliphatic heterocycles. The van der Waals surface area contributed by atoms with Crippen LogP contribution in [0.15, 0.2) is 0 Å². The number of nitrogens with zero attached hydrogens (tertiary/aromatic N) is 1. The first kappa shape index (κ1) is 23.9. The first-order valence-corrected chi connectivity index (χ1v) is 12.7. The van der Waals surface area contributed by atoms with Crippen LogP contribution in [-0.2, 0) is 9.59 Å². The van der Waals surface area contributed by atoms with Gasteiger partial charge in [-0.3, -0.25) is 9.59 Å². The zero-order valence-electron chi connectivity index (χ0n) is 15.3. The van der Waals surface area contributed by atoms with E-state index in [1.165, 1.54) is 0 Å². The Hall–Kier alpha value is -0.0500. The minimum Gasteiger partial charge on any atom is -0.355 e. The lowest BCUT2D eigenvalue weighted by atomic mass is 10.2. The molecule has 0 spiro atoms. The molecule has 142 valence electrons. The zero-order chi connectivity index (χ0) is 18.0. The highest BCUT2D eigenvalue weighted by atomic mass is 33.1. The molecule has 24 heavy (non-hydrogen) atoms. The largest absolute Gasteiger partial charge is 0.355 e. The summed E-state index contributed by atoms with van der Waals surface area (Å²) in [6, 6.07) is 0. The Labute approximate surface area is 159 Å². The number of unbranched alkanes of at least 4 members (excludes halogenated alkanes) is 1. The van der Waals surface area contributed by atoms with Crippen molar-refractivity contribution < 1.29 is 9.59 Å². The fourth-order valence-corrected chi connectivity index (χ4v) is 3.43. The molecule has 0 radical (unpaired) electrons. The lowest BCUT2D eigenvalue weighted by molar-refractivity contribution is -0.121. The van der Waals surface area contributed by atoms with Gasteiger partial charge in [0.05, 0.1) is 0 Å². The Morgan fingerprint density at radius 3 is 2.00 bits per heavy atom. The average Bonchev–Trinajstić information content (AvgIpc) is 2.58. The van der Waals surface area contributed by atoms with Gasteiger partial charge in [0.25, 0.3) is 0 Å². The van der Waals surface area contributed by atoms with Crippen molar-refractivity contribution in [2.75, 3.05) is 56.7 Å². The van der Waals surface area contributed by atoms with Crippen LogP contribution < -0.4 is 10.6 Å². The molecule has 5 nitrogen and oxygen atoms in total. The third kappa shape index (κ3) is 15.5. The van der Waals surface area contributed by atoms with Crippen molar-refractivity contribution in [3.8, 4) is 0 Å². The van der Waals surface area contributed by atoms with Crippen LogP contribution in [0.5, 0.6) is 0 Å². The van der Waals surface area contributed by atoms with Gasteiger partial charge < -0.3 is 15.5 Å². The van der Waals surface area contributed by atoms with Gasteiger partial charge >= 0.3 is 0 Å². The normalized spacial score (nSPS) is 10.8. The van der Waals surface area contributed by atoms with E-state index < -0.39 is 0 Å². The number of carbonyl (C=O) groups excluding carboxylic acids is 2. The van der Waals surface area contributed by atoms with Crippen LogP contribution >= 0.6 is 33.3 Å². The molecule has 0 fully saturated rings. The maximum Gasteiger partial charge on any atom is 0.221 e. The molecule has 2 amide bonds. The second-order valence-electron chi connectivity index (χ2n) is 5.38. The number of carbonyl (C=O) groups is 2. The summed E-state index contributed by atoms with van der Waals surface area (Å²) in [7, 11) is 3.47. The SMILES string of the molecule is CCCCN(CCC(=O)NCCSC)CCC(=O)NCCSSC. The van der Waals surface area contributed by atoms with E-state index in [0.29, 0.717) is 12.8 Å². The van der Waals surface area contributed by atoms with Crippen molar-refractivity contribution >= 4 is 45.2 Å². The van der Waals surface area contributed by atoms with Crippen LogP contribution in [0.1, 0.15) is 32.6 Å². The monoisotopic (exact) mass is 395 g/mol. The van der Waals surface area contributed by atoms with Gasteiger partial charge in [0, 0.05) is 50.5 Å². The van der Waals surface area contributed by atoms with Crippen LogP contribution in [0.3, 0.4) is 0 Å². The van der Waals surface area contributed by atoms with E-state index in [9.17, 15) is 9.59 Å². The number of rotatable bonds is 16. The van der Waals surface area contributed by atoms with Crippen LogP contribution in [-0.4, -0.2) is 73.5 Å². The molecule has 0 bridgehead atoms. The molecule has 0 saturated carbocycles. The Balaban J connectivity index is 3.98. The molecule has 8 heteroatoms. The first-order valence-electron chi connectivity index (χ1n) is 8.54. The minimum atomic E-state index is 0.0997. The molecule has 0 aromatic carbocycles. The molecule has 0 aromatic rings. The van der Waals surface area contributed by atoms with Crippen molar-refractivity contribution in [3.63, 3.8) is 0 Å². The third-order valence-corrected chi connectivity index (χ3v) is 5.82. The number of hydrogen-bond acceptors (Lipinski definition) is 6. The Morgan fingerprint density at radius 2 is 1.50 bits per heavy atom. The van der Waals surface area contributed by atoms with Crippen molar-refractivity contribution in [1.29, 1.82) is 0 Å². The second kappa shape index (κ2) is 17.8. The highest BCUT2D eigenvalue weighted by Crippen LogP contribution is 2.14. The maximum atomic E-state index is 11.9. The summed E-state index contributed by atoms with van der Waals surface area (Å²) >= 11 is 1.73. The van der Waals surface area contributed by atoms with Gasteiger partial charge in [-0.05, 0) is 25.5 Å². The van der Waals surface area contributed by atoms with Crippen molar-refractivity contribution in [2.24, 2.45) is 0 Å². The van der Waals surface area contributed by atoms with Gasteiger partial charge in [-0.1, -0.05) is 34.9 Å². The van der Waals surface area contributed by atoms with Crippen LogP contribution in [0.25, 0.3) is 0 Å². The van der Waals surface area contributed by atoms with E-state index in [1.807, 2.05) is 12.5 Å². The minimum absolute atomic E-state index is 0.0997. The summed E-state index contributed by atoms with van der Waals surface area (Å²) in [5.74, 6) is 2.08. The molecule has 2 N–H and O–H groups in total. The summed E-state index contributed by atoms with van der Waals surface area (Å²) in [5, 5.41) is 5.88. The maximum absolute atomic E-state index is 11.9. The number of hydrogen-bond donors (Lipinski definition) is 2. The van der Waals surface area contributed by atoms with Gasteiger partial charge in [-0.2, -0.15) is 11.8 Å². The summed E-state index contributed by atoms with van der Waals surface area (Å²) < 4.78 is 0. The van der Waals surface area contributed by atoms with Gasteiger partial charge in [-0.25, -0.2) is 0 Å². The quantitative estimate of drug-likeness (QED) is 0.309. The van der Waals surface area contributed by atoms with Gasteiger partial charge in [-0.15, -0.1) is 0 Å². The van der Waals surface area contributed by atoms with E-state index >= 15 is 0 Å². The second-order valence-corrected chi connectivity index (χ2v) is 9.05. The fraction of sp³-hybridized carbons (Fsp3) is 0.875. The van der Waals surface area contributed by atoms with E-state index in [1.54, 1.807) is 33.3 Å². The molecule has 0 saturated heterocycles. The molecule has 0 atom stereocenters. The number of amides is 2. The van der Waals surface area contributed by atoms with Crippen molar-refractivity contribution in [3.05, 3.63) is 0 Å². The molecule has 0 aliphatic carbocycles. The molecular formula is C16H33N3O2S3. The van der Waals surface area contributed by atoms with E-state index in [4.69, 9.17) is 0 Å². The summed E-state index contributed by atoms with van der Waals surface area (Å²) in [4.78, 5) is 25.9. The smallest absolute Gasteiger partial charge is 0.221 e. The molecule has 0 heterocycles. The standard InChI is InChI=1S/C16H33N3O2S3/c1-4-5-10-19(11-6-15(20)17-8-13-22-2)12-7-16(21)18-9-14-24-23-3/h4-14H2,1-3H3,(H,17,20)(H,18,21). The molecule has 0 aliphatic rings. The summed E-state index contributed by atoms with van der Waals surface area (Å²) in [5.41, 5.74) is 0. The summed E-state index contributed by atoms with van der Waals surface area (Å²) in [6.07, 6.45) is 7.29. The lowest BCUT2D eigenvalue weighted by Crippen LogP contribution is -2.35. The van der Waals surface area contributed by atoms with Crippen LogP contribution in [0, 0.1) is 0 Å². The lowest BCUT2D eigenvalue weighted by Gasteiger charge is -2.21. The molecule has 0 unspecified atom stereocenters. The first-order chi connectivity index (χ1) is 11.6. The molecule has 0 rings (SSSR count). The predicted octanol–water partition coefficient (Wildman–Crippen LogP) is 2.48.